The SMILES string of the molecule is Cc1cc(=O)[nH]c([C@H]2CC[C@@H](N3CC(NC(=O)CNC(=O)c4cccc(C(F)(F)F)c4)C3)CC2)n1. The minimum Gasteiger partial charge on any atom is -0.349 e. The van der Waals surface area contributed by atoms with Crippen LogP contribution in [0.3, 0.4) is 0 Å². The molecule has 1 saturated heterocycles. The maximum Gasteiger partial charge on any atom is 0.416 e. The highest BCUT2D eigenvalue weighted by molar-refractivity contribution is 5.96. The number of H-pyrrole nitrogens is 1. The quantitative estimate of drug-likeness (QED) is 0.575. The standard InChI is InChI=1S/C24H28F3N5O3/c1-14-9-20(33)31-22(29-14)15-5-7-19(8-6-15)32-12-18(13-32)30-21(34)11-28-23(35)16-3-2-4-17(10-16)24(25,26)27/h2-4,9-10,15,18-19H,5-8,11-13H2,1H3,(H,28,35)(H,30,34)(H,29,31,33)/t15-,19+. The zero-order valence-corrected chi connectivity index (χ0v) is 19.3. The fourth-order valence-electron chi connectivity index (χ4n) is 4.79. The number of likely N-dealkylation sites (tertiary alicyclic amines) is 1. The van der Waals surface area contributed by atoms with Gasteiger partial charge in [0.05, 0.1) is 18.2 Å². The van der Waals surface area contributed by atoms with E-state index in [-0.39, 0.29) is 35.5 Å². The van der Waals surface area contributed by atoms with Gasteiger partial charge >= 0.3 is 6.18 Å². The fourth-order valence-corrected chi connectivity index (χ4v) is 4.79. The van der Waals surface area contributed by atoms with Gasteiger partial charge in [0, 0.05) is 42.4 Å². The van der Waals surface area contributed by atoms with Crippen molar-refractivity contribution in [1.29, 1.82) is 0 Å². The van der Waals surface area contributed by atoms with E-state index in [1.165, 1.54) is 12.1 Å². The Bertz CT molecular complexity index is 1140. The van der Waals surface area contributed by atoms with Crippen molar-refractivity contribution in [3.63, 3.8) is 0 Å². The summed E-state index contributed by atoms with van der Waals surface area (Å²) >= 11 is 0. The fraction of sp³-hybridized carbons (Fsp3) is 0.500. The lowest BCUT2D eigenvalue weighted by atomic mass is 9.83. The molecule has 0 bridgehead atoms. The van der Waals surface area contributed by atoms with Crippen LogP contribution in [0.15, 0.2) is 35.1 Å². The largest absolute Gasteiger partial charge is 0.416 e. The second-order valence-electron chi connectivity index (χ2n) is 9.26. The summed E-state index contributed by atoms with van der Waals surface area (Å²) in [6, 6.07) is 5.95. The number of carbonyl (C=O) groups excluding carboxylic acids is 2. The van der Waals surface area contributed by atoms with E-state index in [0.29, 0.717) is 19.1 Å². The van der Waals surface area contributed by atoms with Crippen LogP contribution in [0.5, 0.6) is 0 Å². The molecule has 188 valence electrons. The third-order valence-electron chi connectivity index (χ3n) is 6.62. The molecule has 1 saturated carbocycles. The molecule has 2 aromatic rings. The van der Waals surface area contributed by atoms with Gasteiger partial charge in [0.1, 0.15) is 5.82 Å². The Morgan fingerprint density at radius 2 is 1.86 bits per heavy atom. The Morgan fingerprint density at radius 1 is 1.14 bits per heavy atom. The van der Waals surface area contributed by atoms with E-state index >= 15 is 0 Å². The third kappa shape index (κ3) is 6.27. The first-order valence-electron chi connectivity index (χ1n) is 11.6. The summed E-state index contributed by atoms with van der Waals surface area (Å²) in [5.74, 6) is -0.110. The van der Waals surface area contributed by atoms with Gasteiger partial charge < -0.3 is 15.6 Å². The van der Waals surface area contributed by atoms with Crippen molar-refractivity contribution in [3.05, 3.63) is 63.3 Å². The highest BCUT2D eigenvalue weighted by atomic mass is 19.4. The van der Waals surface area contributed by atoms with Crippen LogP contribution in [-0.2, 0) is 11.0 Å². The van der Waals surface area contributed by atoms with Gasteiger partial charge in [-0.05, 0) is 50.8 Å². The average Bonchev–Trinajstić information content (AvgIpc) is 2.78. The molecular weight excluding hydrogens is 463 g/mol. The van der Waals surface area contributed by atoms with E-state index < -0.39 is 17.6 Å². The summed E-state index contributed by atoms with van der Waals surface area (Å²) in [4.78, 5) is 45.7. The van der Waals surface area contributed by atoms with Gasteiger partial charge in [0.15, 0.2) is 0 Å². The first-order valence-corrected chi connectivity index (χ1v) is 11.6. The Morgan fingerprint density at radius 3 is 2.51 bits per heavy atom. The second kappa shape index (κ2) is 10.2. The monoisotopic (exact) mass is 491 g/mol. The second-order valence-corrected chi connectivity index (χ2v) is 9.26. The number of aromatic amines is 1. The lowest BCUT2D eigenvalue weighted by Gasteiger charge is -2.46. The number of hydrogen-bond donors (Lipinski definition) is 3. The summed E-state index contributed by atoms with van der Waals surface area (Å²) < 4.78 is 38.4. The lowest BCUT2D eigenvalue weighted by Crippen LogP contribution is -2.63. The summed E-state index contributed by atoms with van der Waals surface area (Å²) in [5, 5.41) is 5.22. The van der Waals surface area contributed by atoms with Crippen LogP contribution < -0.4 is 16.2 Å². The molecule has 3 N–H and O–H groups in total. The Hall–Kier alpha value is -3.21. The van der Waals surface area contributed by atoms with E-state index in [2.05, 4.69) is 25.5 Å². The van der Waals surface area contributed by atoms with Crippen molar-refractivity contribution in [1.82, 2.24) is 25.5 Å². The molecule has 2 heterocycles. The van der Waals surface area contributed by atoms with Crippen molar-refractivity contribution in [2.75, 3.05) is 19.6 Å². The van der Waals surface area contributed by atoms with Crippen molar-refractivity contribution in [2.45, 2.75) is 56.8 Å². The van der Waals surface area contributed by atoms with Gasteiger partial charge in [-0.1, -0.05) is 6.07 Å². The molecule has 0 unspecified atom stereocenters. The summed E-state index contributed by atoms with van der Waals surface area (Å²) in [6.45, 7) is 2.93. The molecule has 1 aliphatic heterocycles. The van der Waals surface area contributed by atoms with Crippen LogP contribution in [0, 0.1) is 6.92 Å². The first-order chi connectivity index (χ1) is 16.6. The molecule has 2 aliphatic rings. The van der Waals surface area contributed by atoms with E-state index in [1.807, 2.05) is 6.92 Å². The molecular formula is C24H28F3N5O3. The number of benzene rings is 1. The predicted molar refractivity (Wildman–Crippen MR) is 122 cm³/mol. The van der Waals surface area contributed by atoms with Crippen LogP contribution in [0.4, 0.5) is 13.2 Å². The summed E-state index contributed by atoms with van der Waals surface area (Å²) in [5.41, 5.74) is -0.468. The number of aryl methyl sites for hydroxylation is 1. The zero-order valence-electron chi connectivity index (χ0n) is 19.3. The number of carbonyl (C=O) groups is 2. The molecule has 35 heavy (non-hydrogen) atoms. The van der Waals surface area contributed by atoms with Gasteiger partial charge in [-0.3, -0.25) is 19.3 Å². The van der Waals surface area contributed by atoms with E-state index in [0.717, 1.165) is 55.4 Å². The van der Waals surface area contributed by atoms with Crippen LogP contribution >= 0.6 is 0 Å². The molecule has 0 radical (unpaired) electrons. The molecule has 11 heteroatoms. The normalized spacial score (nSPS) is 21.3. The third-order valence-corrected chi connectivity index (χ3v) is 6.62. The van der Waals surface area contributed by atoms with E-state index in [9.17, 15) is 27.6 Å². The smallest absolute Gasteiger partial charge is 0.349 e. The van der Waals surface area contributed by atoms with Crippen molar-refractivity contribution < 1.29 is 22.8 Å². The number of nitrogens with zero attached hydrogens (tertiary/aromatic N) is 2. The molecule has 1 aliphatic carbocycles. The number of halogens is 3. The number of aromatic nitrogens is 2. The Balaban J connectivity index is 1.17. The number of alkyl halides is 3. The number of rotatable bonds is 6. The maximum atomic E-state index is 12.8. The zero-order chi connectivity index (χ0) is 25.2. The molecule has 8 nitrogen and oxygen atoms in total. The summed E-state index contributed by atoms with van der Waals surface area (Å²) in [7, 11) is 0. The Labute approximate surface area is 200 Å². The number of amides is 2. The van der Waals surface area contributed by atoms with Gasteiger partial charge in [-0.15, -0.1) is 0 Å². The first kappa shape index (κ1) is 24.9. The van der Waals surface area contributed by atoms with E-state index in [1.54, 1.807) is 0 Å². The van der Waals surface area contributed by atoms with Crippen molar-refractivity contribution in [2.24, 2.45) is 0 Å². The van der Waals surface area contributed by atoms with Crippen molar-refractivity contribution >= 4 is 11.8 Å². The highest BCUT2D eigenvalue weighted by Crippen LogP contribution is 2.34. The van der Waals surface area contributed by atoms with Gasteiger partial charge in [0.2, 0.25) is 5.91 Å². The maximum absolute atomic E-state index is 12.8. The predicted octanol–water partition coefficient (Wildman–Crippen LogP) is 2.35. The molecule has 2 fully saturated rings. The number of hydrogen-bond acceptors (Lipinski definition) is 5. The molecule has 0 spiro atoms. The minimum absolute atomic E-state index is 0.0273. The summed E-state index contributed by atoms with van der Waals surface area (Å²) in [6.07, 6.45) is -0.705. The van der Waals surface area contributed by atoms with E-state index in [4.69, 9.17) is 0 Å². The highest BCUT2D eigenvalue weighted by Gasteiger charge is 2.36. The van der Waals surface area contributed by atoms with Crippen LogP contribution in [0.2, 0.25) is 0 Å². The van der Waals surface area contributed by atoms with Gasteiger partial charge in [-0.25, -0.2) is 4.98 Å². The molecule has 2 amide bonds. The van der Waals surface area contributed by atoms with Gasteiger partial charge in [0.25, 0.3) is 11.5 Å². The molecule has 1 aromatic carbocycles. The lowest BCUT2D eigenvalue weighted by molar-refractivity contribution is -0.137. The van der Waals surface area contributed by atoms with Gasteiger partial charge in [-0.2, -0.15) is 13.2 Å². The molecule has 4 rings (SSSR count). The van der Waals surface area contributed by atoms with Crippen LogP contribution in [0.25, 0.3) is 0 Å². The topological polar surface area (TPSA) is 107 Å². The minimum atomic E-state index is -4.54. The average molecular weight is 492 g/mol. The van der Waals surface area contributed by atoms with Crippen LogP contribution in [-0.4, -0.2) is 58.4 Å². The molecule has 1 aromatic heterocycles. The Kier molecular flexibility index (Phi) is 7.25. The van der Waals surface area contributed by atoms with Crippen LogP contribution in [0.1, 0.15) is 59.0 Å². The van der Waals surface area contributed by atoms with Crippen molar-refractivity contribution in [3.8, 4) is 0 Å². The number of nitrogens with one attached hydrogen (secondary N) is 3. The molecule has 0 atom stereocenters.